The predicted molar refractivity (Wildman–Crippen MR) is 73.5 cm³/mol. The second kappa shape index (κ2) is 5.46. The lowest BCUT2D eigenvalue weighted by Crippen LogP contribution is -2.35. The summed E-state index contributed by atoms with van der Waals surface area (Å²) in [6.07, 6.45) is 7.74. The summed E-state index contributed by atoms with van der Waals surface area (Å²) < 4.78 is 2.15. The fourth-order valence-electron chi connectivity index (χ4n) is 2.71. The summed E-state index contributed by atoms with van der Waals surface area (Å²) in [5.74, 6) is 0. The van der Waals surface area contributed by atoms with Gasteiger partial charge in [0.25, 0.3) is 5.56 Å². The van der Waals surface area contributed by atoms with E-state index in [4.69, 9.17) is 0 Å². The van der Waals surface area contributed by atoms with Crippen molar-refractivity contribution in [3.8, 4) is 0 Å². The third-order valence-corrected chi connectivity index (χ3v) is 3.71. The minimum Gasteiger partial charge on any atom is -0.334 e. The van der Waals surface area contributed by atoms with Crippen molar-refractivity contribution in [1.29, 1.82) is 0 Å². The molecule has 0 amide bonds. The maximum absolute atomic E-state index is 11.3. The van der Waals surface area contributed by atoms with Crippen LogP contribution in [0, 0.1) is 0 Å². The average Bonchev–Trinajstić information content (AvgIpc) is 2.92. The van der Waals surface area contributed by atoms with Gasteiger partial charge in [0, 0.05) is 49.8 Å². The standard InChI is InChI=1S/C13H17N5O2/c19-12-7-10(15-13(20)16-12)8-17-4-1-11(2-5-17)18-6-3-14-9-18/h3,6-7,9,11H,1-2,4-5,8H2,(H2,15,16,19,20). The van der Waals surface area contributed by atoms with Crippen LogP contribution >= 0.6 is 0 Å². The van der Waals surface area contributed by atoms with E-state index in [1.165, 1.54) is 6.07 Å². The Labute approximate surface area is 115 Å². The molecule has 2 N–H and O–H groups in total. The summed E-state index contributed by atoms with van der Waals surface area (Å²) in [4.78, 5) is 33.6. The second-order valence-corrected chi connectivity index (χ2v) is 5.13. The summed E-state index contributed by atoms with van der Waals surface area (Å²) >= 11 is 0. The highest BCUT2D eigenvalue weighted by Crippen LogP contribution is 2.22. The van der Waals surface area contributed by atoms with Crippen LogP contribution in [0.15, 0.2) is 34.4 Å². The Bertz CT molecular complexity index is 636. The molecule has 0 radical (unpaired) electrons. The van der Waals surface area contributed by atoms with Crippen LogP contribution in [-0.4, -0.2) is 37.5 Å². The first-order valence-electron chi connectivity index (χ1n) is 6.73. The summed E-state index contributed by atoms with van der Waals surface area (Å²) in [5.41, 5.74) is -0.127. The van der Waals surface area contributed by atoms with Crippen molar-refractivity contribution in [2.24, 2.45) is 0 Å². The number of aromatic amines is 2. The Morgan fingerprint density at radius 2 is 2.05 bits per heavy atom. The van der Waals surface area contributed by atoms with E-state index in [2.05, 4.69) is 24.4 Å². The van der Waals surface area contributed by atoms with Gasteiger partial charge in [-0.05, 0) is 12.8 Å². The summed E-state index contributed by atoms with van der Waals surface area (Å²) in [6, 6.07) is 1.94. The Morgan fingerprint density at radius 3 is 2.70 bits per heavy atom. The Hall–Kier alpha value is -2.15. The zero-order valence-electron chi connectivity index (χ0n) is 11.1. The molecule has 0 atom stereocenters. The molecular weight excluding hydrogens is 258 g/mol. The molecule has 1 aliphatic heterocycles. The monoisotopic (exact) mass is 275 g/mol. The lowest BCUT2D eigenvalue weighted by atomic mass is 10.0. The fraction of sp³-hybridized carbons (Fsp3) is 0.462. The van der Waals surface area contributed by atoms with Gasteiger partial charge in [0.15, 0.2) is 0 Å². The van der Waals surface area contributed by atoms with E-state index in [-0.39, 0.29) is 5.56 Å². The van der Waals surface area contributed by atoms with Crippen LogP contribution in [0.3, 0.4) is 0 Å². The fourth-order valence-corrected chi connectivity index (χ4v) is 2.71. The normalized spacial score (nSPS) is 17.4. The topological polar surface area (TPSA) is 86.8 Å². The molecule has 2 aromatic rings. The quantitative estimate of drug-likeness (QED) is 0.831. The van der Waals surface area contributed by atoms with Crippen molar-refractivity contribution in [2.75, 3.05) is 13.1 Å². The first kappa shape index (κ1) is 12.9. The SMILES string of the molecule is O=c1cc(CN2CCC(n3ccnc3)CC2)[nH]c(=O)[nH]1. The second-order valence-electron chi connectivity index (χ2n) is 5.13. The van der Waals surface area contributed by atoms with Gasteiger partial charge in [-0.15, -0.1) is 0 Å². The largest absolute Gasteiger partial charge is 0.334 e. The molecule has 106 valence electrons. The van der Waals surface area contributed by atoms with Gasteiger partial charge in [0.2, 0.25) is 0 Å². The molecule has 7 nitrogen and oxygen atoms in total. The van der Waals surface area contributed by atoms with E-state index >= 15 is 0 Å². The third kappa shape index (κ3) is 2.88. The van der Waals surface area contributed by atoms with Crippen molar-refractivity contribution in [2.45, 2.75) is 25.4 Å². The van der Waals surface area contributed by atoms with Crippen molar-refractivity contribution >= 4 is 0 Å². The molecule has 2 aromatic heterocycles. The average molecular weight is 275 g/mol. The molecule has 7 heteroatoms. The first-order valence-corrected chi connectivity index (χ1v) is 6.73. The number of likely N-dealkylation sites (tertiary alicyclic amines) is 1. The van der Waals surface area contributed by atoms with Crippen LogP contribution in [0.25, 0.3) is 0 Å². The van der Waals surface area contributed by atoms with Gasteiger partial charge in [0.1, 0.15) is 0 Å². The lowest BCUT2D eigenvalue weighted by molar-refractivity contribution is 0.177. The third-order valence-electron chi connectivity index (χ3n) is 3.71. The lowest BCUT2D eigenvalue weighted by Gasteiger charge is -2.32. The summed E-state index contributed by atoms with van der Waals surface area (Å²) in [6.45, 7) is 2.49. The Kier molecular flexibility index (Phi) is 3.51. The van der Waals surface area contributed by atoms with Crippen LogP contribution < -0.4 is 11.2 Å². The number of hydrogen-bond acceptors (Lipinski definition) is 4. The van der Waals surface area contributed by atoms with E-state index in [9.17, 15) is 9.59 Å². The smallest absolute Gasteiger partial charge is 0.325 e. The van der Waals surface area contributed by atoms with Gasteiger partial charge in [-0.25, -0.2) is 9.78 Å². The number of rotatable bonds is 3. The Balaban J connectivity index is 1.61. The molecule has 0 aromatic carbocycles. The van der Waals surface area contributed by atoms with Crippen LogP contribution in [0.2, 0.25) is 0 Å². The van der Waals surface area contributed by atoms with Gasteiger partial charge in [0.05, 0.1) is 6.33 Å². The number of imidazole rings is 1. The maximum Gasteiger partial charge on any atom is 0.325 e. The molecular formula is C13H17N5O2. The van der Waals surface area contributed by atoms with Crippen LogP contribution in [0.5, 0.6) is 0 Å². The summed E-state index contributed by atoms with van der Waals surface area (Å²) in [7, 11) is 0. The molecule has 3 heterocycles. The number of H-pyrrole nitrogens is 2. The number of hydrogen-bond donors (Lipinski definition) is 2. The van der Waals surface area contributed by atoms with E-state index < -0.39 is 5.69 Å². The summed E-state index contributed by atoms with van der Waals surface area (Å²) in [5, 5.41) is 0. The minimum atomic E-state index is -0.444. The number of aromatic nitrogens is 4. The van der Waals surface area contributed by atoms with E-state index in [1.807, 2.05) is 12.5 Å². The van der Waals surface area contributed by atoms with Crippen LogP contribution in [0.4, 0.5) is 0 Å². The number of nitrogens with zero attached hydrogens (tertiary/aromatic N) is 3. The highest BCUT2D eigenvalue weighted by molar-refractivity contribution is 4.99. The Morgan fingerprint density at radius 1 is 1.25 bits per heavy atom. The van der Waals surface area contributed by atoms with E-state index in [1.54, 1.807) is 6.20 Å². The van der Waals surface area contributed by atoms with Crippen molar-refractivity contribution < 1.29 is 0 Å². The number of nitrogens with one attached hydrogen (secondary N) is 2. The molecule has 3 rings (SSSR count). The van der Waals surface area contributed by atoms with Crippen LogP contribution in [-0.2, 0) is 6.54 Å². The maximum atomic E-state index is 11.3. The van der Waals surface area contributed by atoms with E-state index in [0.717, 1.165) is 25.9 Å². The molecule has 0 unspecified atom stereocenters. The van der Waals surface area contributed by atoms with Gasteiger partial charge in [-0.3, -0.25) is 14.7 Å². The zero-order chi connectivity index (χ0) is 13.9. The van der Waals surface area contributed by atoms with Crippen LogP contribution in [0.1, 0.15) is 24.6 Å². The molecule has 0 saturated carbocycles. The highest BCUT2D eigenvalue weighted by atomic mass is 16.2. The first-order chi connectivity index (χ1) is 9.70. The van der Waals surface area contributed by atoms with E-state index in [0.29, 0.717) is 18.3 Å². The van der Waals surface area contributed by atoms with Crippen molar-refractivity contribution in [1.82, 2.24) is 24.4 Å². The highest BCUT2D eigenvalue weighted by Gasteiger charge is 2.20. The molecule has 0 aliphatic carbocycles. The zero-order valence-corrected chi connectivity index (χ0v) is 11.1. The van der Waals surface area contributed by atoms with Crippen molar-refractivity contribution in [3.63, 3.8) is 0 Å². The van der Waals surface area contributed by atoms with Gasteiger partial charge in [-0.2, -0.15) is 0 Å². The van der Waals surface area contributed by atoms with Gasteiger partial charge >= 0.3 is 5.69 Å². The van der Waals surface area contributed by atoms with Gasteiger partial charge < -0.3 is 9.55 Å². The molecule has 0 bridgehead atoms. The molecule has 0 spiro atoms. The number of piperidine rings is 1. The molecule has 1 aliphatic rings. The van der Waals surface area contributed by atoms with Gasteiger partial charge in [-0.1, -0.05) is 0 Å². The molecule has 20 heavy (non-hydrogen) atoms. The van der Waals surface area contributed by atoms with Crippen molar-refractivity contribution in [3.05, 3.63) is 51.3 Å². The molecule has 1 fully saturated rings. The minimum absolute atomic E-state index is 0.350. The predicted octanol–water partition coefficient (Wildman–Crippen LogP) is 0.0968. The molecule has 1 saturated heterocycles.